The Labute approximate surface area is 453 Å². The lowest BCUT2D eigenvalue weighted by Crippen LogP contribution is -2.46. The Morgan fingerprint density at radius 3 is 1.22 bits per heavy atom. The summed E-state index contributed by atoms with van der Waals surface area (Å²) < 4.78 is 23.5. The molecule has 9 heteroatoms. The predicted octanol–water partition coefficient (Wildman–Crippen LogP) is 18.4. The van der Waals surface area contributed by atoms with E-state index in [4.69, 9.17) is 9.05 Å². The molecule has 1 amide bonds. The summed E-state index contributed by atoms with van der Waals surface area (Å²) >= 11 is 0. The van der Waals surface area contributed by atoms with Gasteiger partial charge in [0.15, 0.2) is 0 Å². The van der Waals surface area contributed by atoms with Gasteiger partial charge in [-0.3, -0.25) is 9.36 Å². The number of quaternary nitrogens is 1. The van der Waals surface area contributed by atoms with Crippen molar-refractivity contribution in [2.24, 2.45) is 0 Å². The first-order chi connectivity index (χ1) is 35.5. The number of hydrogen-bond donors (Lipinski definition) is 2. The molecule has 0 saturated heterocycles. The lowest BCUT2D eigenvalue weighted by atomic mass is 10.0. The zero-order valence-corrected chi connectivity index (χ0v) is 49.5. The molecule has 0 fully saturated rings. The number of carbonyl (C=O) groups excluding carboxylic acids is 1. The maximum absolute atomic E-state index is 13.0. The third-order valence-electron chi connectivity index (χ3n) is 13.7. The third-order valence-corrected chi connectivity index (χ3v) is 14.7. The van der Waals surface area contributed by atoms with Crippen LogP contribution >= 0.6 is 7.82 Å². The standard InChI is InChI=1S/C64H119N2O6P/c1-6-8-10-12-14-16-18-20-22-24-26-28-30-31-32-33-34-35-36-38-40-42-44-46-48-50-52-54-56-58-64(68)65-62(61-72-73(69,70)71-60-59-66(3,4)5)63(67)57-55-53-51-49-47-45-43-41-39-37-29-27-25-23-21-19-17-15-13-11-9-7-2/h8,10,14,16,20,22,26,28,31-32,34-35,62-63,67H,6-7,9,11-13,15,17-19,21,23-25,27,29-30,33,36-61H2,1-5H3,(H-,65,68,69,70)/b10-8-,16-14-,22-20-,28-26-,32-31-,35-34-. The number of rotatable bonds is 56. The Hall–Kier alpha value is -2.06. The number of nitrogens with zero attached hydrogens (tertiary/aromatic N) is 1. The topological polar surface area (TPSA) is 108 Å². The van der Waals surface area contributed by atoms with Gasteiger partial charge in [0.1, 0.15) is 13.2 Å². The SMILES string of the molecule is CC/C=C\C/C=C\C/C=C\C/C=C\C/C=C\C/C=C\CCCCCCCCCCCCC(=O)NC(COP(=O)([O-])OCC[N+](C)(C)C)C(O)CCCCCCCCCCCCCCCCCCCCCCCC. The summed E-state index contributed by atoms with van der Waals surface area (Å²) in [6, 6.07) is -0.808. The molecule has 0 heterocycles. The van der Waals surface area contributed by atoms with E-state index in [0.717, 1.165) is 83.5 Å². The minimum Gasteiger partial charge on any atom is -0.756 e. The molecule has 3 unspecified atom stereocenters. The van der Waals surface area contributed by atoms with Gasteiger partial charge in [0, 0.05) is 6.42 Å². The Morgan fingerprint density at radius 2 is 0.836 bits per heavy atom. The molecule has 0 radical (unpaired) electrons. The van der Waals surface area contributed by atoms with Crippen molar-refractivity contribution >= 4 is 13.7 Å². The fourth-order valence-electron chi connectivity index (χ4n) is 8.93. The lowest BCUT2D eigenvalue weighted by Gasteiger charge is -2.30. The molecular weight excluding hydrogens is 924 g/mol. The number of carbonyl (C=O) groups is 1. The third kappa shape index (κ3) is 57.5. The normalized spacial score (nSPS) is 14.3. The van der Waals surface area contributed by atoms with E-state index in [0.29, 0.717) is 23.9 Å². The smallest absolute Gasteiger partial charge is 0.268 e. The molecular formula is C64H119N2O6P. The van der Waals surface area contributed by atoms with Gasteiger partial charge in [0.05, 0.1) is 39.9 Å². The highest BCUT2D eigenvalue weighted by Crippen LogP contribution is 2.38. The van der Waals surface area contributed by atoms with Gasteiger partial charge in [-0.15, -0.1) is 0 Å². The van der Waals surface area contributed by atoms with Gasteiger partial charge in [-0.25, -0.2) is 0 Å². The maximum atomic E-state index is 13.0. The Kier molecular flexibility index (Phi) is 53.2. The van der Waals surface area contributed by atoms with E-state index in [1.165, 1.54) is 167 Å². The van der Waals surface area contributed by atoms with Crippen LogP contribution in [0.4, 0.5) is 0 Å². The Bertz CT molecular complexity index is 1420. The molecule has 3 atom stereocenters. The Balaban J connectivity index is 4.15. The number of amides is 1. The van der Waals surface area contributed by atoms with Gasteiger partial charge in [-0.2, -0.15) is 0 Å². The van der Waals surface area contributed by atoms with Crippen LogP contribution in [0.25, 0.3) is 0 Å². The molecule has 73 heavy (non-hydrogen) atoms. The average Bonchev–Trinajstić information content (AvgIpc) is 3.35. The van der Waals surface area contributed by atoms with Crippen LogP contribution in [0.5, 0.6) is 0 Å². The highest BCUT2D eigenvalue weighted by atomic mass is 31.2. The summed E-state index contributed by atoms with van der Waals surface area (Å²) in [7, 11) is 1.30. The number of allylic oxidation sites excluding steroid dienone is 12. The number of nitrogens with one attached hydrogen (secondary N) is 1. The summed E-state index contributed by atoms with van der Waals surface area (Å²) in [4.78, 5) is 25.6. The first-order valence-corrected chi connectivity index (χ1v) is 32.2. The predicted molar refractivity (Wildman–Crippen MR) is 316 cm³/mol. The fraction of sp³-hybridized carbons (Fsp3) is 0.797. The second kappa shape index (κ2) is 54.7. The van der Waals surface area contributed by atoms with Crippen molar-refractivity contribution in [3.63, 3.8) is 0 Å². The van der Waals surface area contributed by atoms with Crippen LogP contribution in [-0.4, -0.2) is 68.5 Å². The number of phosphoric ester groups is 1. The minimum atomic E-state index is -4.58. The van der Waals surface area contributed by atoms with Gasteiger partial charge in [0.25, 0.3) is 7.82 Å². The number of likely N-dealkylation sites (N-methyl/N-ethyl adjacent to an activating group) is 1. The number of phosphoric acid groups is 1. The summed E-state index contributed by atoms with van der Waals surface area (Å²) in [6.07, 6.45) is 75.1. The van der Waals surface area contributed by atoms with Gasteiger partial charge >= 0.3 is 0 Å². The molecule has 0 aliphatic rings. The highest BCUT2D eigenvalue weighted by molar-refractivity contribution is 7.45. The molecule has 0 rings (SSSR count). The molecule has 0 aromatic rings. The van der Waals surface area contributed by atoms with Crippen molar-refractivity contribution in [3.8, 4) is 0 Å². The van der Waals surface area contributed by atoms with Crippen LogP contribution in [0.2, 0.25) is 0 Å². The first kappa shape index (κ1) is 70.9. The Morgan fingerprint density at radius 1 is 0.493 bits per heavy atom. The van der Waals surface area contributed by atoms with Gasteiger partial charge in [-0.05, 0) is 64.2 Å². The zero-order valence-electron chi connectivity index (χ0n) is 48.6. The van der Waals surface area contributed by atoms with Crippen LogP contribution in [-0.2, 0) is 18.4 Å². The van der Waals surface area contributed by atoms with Gasteiger partial charge in [0.2, 0.25) is 5.91 Å². The van der Waals surface area contributed by atoms with Crippen molar-refractivity contribution in [2.75, 3.05) is 40.9 Å². The van der Waals surface area contributed by atoms with Crippen molar-refractivity contribution < 1.29 is 32.9 Å². The molecule has 8 nitrogen and oxygen atoms in total. The minimum absolute atomic E-state index is 0.00899. The van der Waals surface area contributed by atoms with Gasteiger partial charge in [-0.1, -0.05) is 279 Å². The quantitative estimate of drug-likeness (QED) is 0.0272. The van der Waals surface area contributed by atoms with E-state index in [-0.39, 0.29) is 19.1 Å². The summed E-state index contributed by atoms with van der Waals surface area (Å²) in [6.45, 7) is 4.63. The largest absolute Gasteiger partial charge is 0.756 e. The fourth-order valence-corrected chi connectivity index (χ4v) is 9.65. The van der Waals surface area contributed by atoms with Crippen molar-refractivity contribution in [2.45, 2.75) is 289 Å². The van der Waals surface area contributed by atoms with Crippen LogP contribution in [0.1, 0.15) is 277 Å². The molecule has 426 valence electrons. The number of unbranched alkanes of at least 4 members (excludes halogenated alkanes) is 31. The molecule has 0 aromatic carbocycles. The highest BCUT2D eigenvalue weighted by Gasteiger charge is 2.24. The van der Waals surface area contributed by atoms with E-state index >= 15 is 0 Å². The van der Waals surface area contributed by atoms with Crippen LogP contribution in [0.3, 0.4) is 0 Å². The second-order valence-corrected chi connectivity index (χ2v) is 23.4. The van der Waals surface area contributed by atoms with Crippen LogP contribution < -0.4 is 10.2 Å². The lowest BCUT2D eigenvalue weighted by molar-refractivity contribution is -0.870. The van der Waals surface area contributed by atoms with E-state index in [1.54, 1.807) is 0 Å². The molecule has 0 aliphatic heterocycles. The number of aliphatic hydroxyl groups excluding tert-OH is 1. The molecule has 2 N–H and O–H groups in total. The monoisotopic (exact) mass is 1040 g/mol. The molecule has 0 bridgehead atoms. The first-order valence-electron chi connectivity index (χ1n) is 30.8. The van der Waals surface area contributed by atoms with Crippen molar-refractivity contribution in [3.05, 3.63) is 72.9 Å². The molecule has 0 aromatic heterocycles. The van der Waals surface area contributed by atoms with Gasteiger partial charge < -0.3 is 28.8 Å². The number of hydrogen-bond acceptors (Lipinski definition) is 6. The van der Waals surface area contributed by atoms with Crippen LogP contribution in [0, 0.1) is 0 Å². The summed E-state index contributed by atoms with van der Waals surface area (Å²) in [5, 5.41) is 14.1. The van der Waals surface area contributed by atoms with E-state index in [2.05, 4.69) is 92.1 Å². The van der Waals surface area contributed by atoms with E-state index in [9.17, 15) is 19.4 Å². The van der Waals surface area contributed by atoms with E-state index < -0.39 is 20.0 Å². The molecule has 0 saturated carbocycles. The van der Waals surface area contributed by atoms with Crippen molar-refractivity contribution in [1.82, 2.24) is 5.32 Å². The molecule has 0 spiro atoms. The van der Waals surface area contributed by atoms with Crippen LogP contribution in [0.15, 0.2) is 72.9 Å². The van der Waals surface area contributed by atoms with Crippen molar-refractivity contribution in [1.29, 1.82) is 0 Å². The molecule has 0 aliphatic carbocycles. The average molecular weight is 1040 g/mol. The van der Waals surface area contributed by atoms with E-state index in [1.807, 2.05) is 21.1 Å². The number of aliphatic hydroxyl groups is 1. The second-order valence-electron chi connectivity index (χ2n) is 22.0. The zero-order chi connectivity index (χ0) is 53.5. The maximum Gasteiger partial charge on any atom is 0.268 e. The summed E-state index contributed by atoms with van der Waals surface area (Å²) in [5.74, 6) is -0.169. The summed E-state index contributed by atoms with van der Waals surface area (Å²) in [5.41, 5.74) is 0.